The fourth-order valence-electron chi connectivity index (χ4n) is 1.78. The van der Waals surface area contributed by atoms with E-state index in [9.17, 15) is 14.3 Å². The van der Waals surface area contributed by atoms with E-state index in [0.717, 1.165) is 18.2 Å². The molecule has 0 saturated carbocycles. The van der Waals surface area contributed by atoms with Crippen molar-refractivity contribution in [3.63, 3.8) is 0 Å². The summed E-state index contributed by atoms with van der Waals surface area (Å²) in [5.41, 5.74) is 0.222. The lowest BCUT2D eigenvalue weighted by Gasteiger charge is -2.12. The highest BCUT2D eigenvalue weighted by molar-refractivity contribution is 6.06. The molecule has 6 heteroatoms. The number of carbonyl (C=O) groups excluding carboxylic acids is 1. The Morgan fingerprint density at radius 1 is 1.14 bits per heavy atom. The summed E-state index contributed by atoms with van der Waals surface area (Å²) in [4.78, 5) is 12.1. The van der Waals surface area contributed by atoms with Crippen LogP contribution in [0, 0.1) is 5.82 Å². The number of amides is 1. The fraction of sp³-hybridized carbons (Fsp3) is 0.133. The maximum Gasteiger partial charge on any atom is 0.259 e. The number of phenolic OH excluding ortho intramolecular Hbond substituents is 1. The molecule has 0 aliphatic heterocycles. The van der Waals surface area contributed by atoms with Crippen molar-refractivity contribution in [3.8, 4) is 17.2 Å². The number of halogens is 1. The predicted molar refractivity (Wildman–Crippen MR) is 75.6 cm³/mol. The van der Waals surface area contributed by atoms with Gasteiger partial charge in [-0.1, -0.05) is 0 Å². The SMILES string of the molecule is COc1ccc(NC(=O)c2cc(F)ccc2O)c(OC)c1. The van der Waals surface area contributed by atoms with Gasteiger partial charge in [-0.3, -0.25) is 4.79 Å². The summed E-state index contributed by atoms with van der Waals surface area (Å²) in [6, 6.07) is 7.98. The first-order valence-electron chi connectivity index (χ1n) is 6.07. The van der Waals surface area contributed by atoms with Crippen molar-refractivity contribution in [3.05, 3.63) is 47.8 Å². The monoisotopic (exact) mass is 291 g/mol. The van der Waals surface area contributed by atoms with Crippen LogP contribution in [0.4, 0.5) is 10.1 Å². The smallest absolute Gasteiger partial charge is 0.259 e. The van der Waals surface area contributed by atoms with Crippen LogP contribution in [-0.4, -0.2) is 25.2 Å². The van der Waals surface area contributed by atoms with Crippen molar-refractivity contribution in [2.24, 2.45) is 0 Å². The van der Waals surface area contributed by atoms with Crippen molar-refractivity contribution < 1.29 is 23.8 Å². The summed E-state index contributed by atoms with van der Waals surface area (Å²) in [5.74, 6) is -0.603. The minimum absolute atomic E-state index is 0.159. The normalized spacial score (nSPS) is 10.0. The number of phenols is 1. The maximum atomic E-state index is 13.2. The highest BCUT2D eigenvalue weighted by atomic mass is 19.1. The zero-order chi connectivity index (χ0) is 15.4. The molecule has 2 N–H and O–H groups in total. The van der Waals surface area contributed by atoms with Crippen molar-refractivity contribution in [1.29, 1.82) is 0 Å². The summed E-state index contributed by atoms with van der Waals surface area (Å²) in [7, 11) is 2.96. The van der Waals surface area contributed by atoms with E-state index < -0.39 is 11.7 Å². The van der Waals surface area contributed by atoms with Crippen LogP contribution in [-0.2, 0) is 0 Å². The van der Waals surface area contributed by atoms with E-state index in [1.807, 2.05) is 0 Å². The first-order chi connectivity index (χ1) is 10.0. The number of hydrogen-bond donors (Lipinski definition) is 2. The summed E-state index contributed by atoms with van der Waals surface area (Å²) in [6.45, 7) is 0. The molecule has 0 heterocycles. The molecular weight excluding hydrogens is 277 g/mol. The average molecular weight is 291 g/mol. The van der Waals surface area contributed by atoms with Crippen molar-refractivity contribution in [2.45, 2.75) is 0 Å². The average Bonchev–Trinajstić information content (AvgIpc) is 2.49. The number of methoxy groups -OCH3 is 2. The van der Waals surface area contributed by atoms with E-state index in [0.29, 0.717) is 17.2 Å². The Morgan fingerprint density at radius 2 is 1.90 bits per heavy atom. The number of benzene rings is 2. The van der Waals surface area contributed by atoms with Gasteiger partial charge in [-0.15, -0.1) is 0 Å². The standard InChI is InChI=1S/C15H14FNO4/c1-20-10-4-5-12(14(8-10)21-2)17-15(19)11-7-9(16)3-6-13(11)18/h3-8,18H,1-2H3,(H,17,19). The van der Waals surface area contributed by atoms with Crippen LogP contribution in [0.3, 0.4) is 0 Å². The number of ether oxygens (including phenoxy) is 2. The summed E-state index contributed by atoms with van der Waals surface area (Å²) < 4.78 is 23.4. The Kier molecular flexibility index (Phi) is 4.27. The third-order valence-corrected chi connectivity index (χ3v) is 2.86. The van der Waals surface area contributed by atoms with Crippen LogP contribution >= 0.6 is 0 Å². The Balaban J connectivity index is 2.29. The lowest BCUT2D eigenvalue weighted by Crippen LogP contribution is -2.13. The lowest BCUT2D eigenvalue weighted by atomic mass is 10.1. The fourth-order valence-corrected chi connectivity index (χ4v) is 1.78. The molecule has 2 aromatic rings. The van der Waals surface area contributed by atoms with Crippen molar-refractivity contribution >= 4 is 11.6 Å². The Hall–Kier alpha value is -2.76. The predicted octanol–water partition coefficient (Wildman–Crippen LogP) is 2.80. The van der Waals surface area contributed by atoms with Gasteiger partial charge in [-0.25, -0.2) is 4.39 Å². The minimum Gasteiger partial charge on any atom is -0.507 e. The number of carbonyl (C=O) groups is 1. The summed E-state index contributed by atoms with van der Waals surface area (Å²) in [6.07, 6.45) is 0. The van der Waals surface area contributed by atoms with Crippen molar-refractivity contribution in [2.75, 3.05) is 19.5 Å². The molecule has 2 aromatic carbocycles. The zero-order valence-corrected chi connectivity index (χ0v) is 11.5. The van der Waals surface area contributed by atoms with Gasteiger partial charge in [0, 0.05) is 6.07 Å². The molecule has 2 rings (SSSR count). The van der Waals surface area contributed by atoms with Crippen LogP contribution in [0.5, 0.6) is 17.2 Å². The first-order valence-corrected chi connectivity index (χ1v) is 6.07. The van der Waals surface area contributed by atoms with E-state index in [-0.39, 0.29) is 11.3 Å². The largest absolute Gasteiger partial charge is 0.507 e. The summed E-state index contributed by atoms with van der Waals surface area (Å²) >= 11 is 0. The third-order valence-electron chi connectivity index (χ3n) is 2.86. The van der Waals surface area contributed by atoms with E-state index in [1.54, 1.807) is 18.2 Å². The van der Waals surface area contributed by atoms with Gasteiger partial charge in [0.15, 0.2) is 0 Å². The van der Waals surface area contributed by atoms with E-state index in [4.69, 9.17) is 9.47 Å². The molecule has 0 spiro atoms. The quantitative estimate of drug-likeness (QED) is 0.909. The molecule has 0 aliphatic carbocycles. The highest BCUT2D eigenvalue weighted by Gasteiger charge is 2.15. The number of rotatable bonds is 4. The number of hydrogen-bond acceptors (Lipinski definition) is 4. The molecule has 0 saturated heterocycles. The van der Waals surface area contributed by atoms with Crippen LogP contribution in [0.25, 0.3) is 0 Å². The Labute approximate surface area is 120 Å². The van der Waals surface area contributed by atoms with Gasteiger partial charge >= 0.3 is 0 Å². The van der Waals surface area contributed by atoms with E-state index in [2.05, 4.69) is 5.32 Å². The second kappa shape index (κ2) is 6.13. The van der Waals surface area contributed by atoms with Crippen LogP contribution in [0.1, 0.15) is 10.4 Å². The van der Waals surface area contributed by atoms with Gasteiger partial charge in [-0.05, 0) is 30.3 Å². The van der Waals surface area contributed by atoms with Gasteiger partial charge in [0.2, 0.25) is 0 Å². The first kappa shape index (κ1) is 14.6. The topological polar surface area (TPSA) is 67.8 Å². The molecular formula is C15H14FNO4. The van der Waals surface area contributed by atoms with Gasteiger partial charge in [-0.2, -0.15) is 0 Å². The molecule has 21 heavy (non-hydrogen) atoms. The Morgan fingerprint density at radius 3 is 2.57 bits per heavy atom. The lowest BCUT2D eigenvalue weighted by molar-refractivity contribution is 0.102. The van der Waals surface area contributed by atoms with Gasteiger partial charge in [0.1, 0.15) is 23.1 Å². The summed E-state index contributed by atoms with van der Waals surface area (Å²) in [5, 5.41) is 12.2. The van der Waals surface area contributed by atoms with Crippen molar-refractivity contribution in [1.82, 2.24) is 0 Å². The van der Waals surface area contributed by atoms with Crippen LogP contribution < -0.4 is 14.8 Å². The van der Waals surface area contributed by atoms with Gasteiger partial charge in [0.05, 0.1) is 25.5 Å². The number of aromatic hydroxyl groups is 1. The molecule has 110 valence electrons. The molecule has 0 aromatic heterocycles. The van der Waals surface area contributed by atoms with Gasteiger partial charge < -0.3 is 19.9 Å². The molecule has 0 radical (unpaired) electrons. The molecule has 0 fully saturated rings. The molecule has 5 nitrogen and oxygen atoms in total. The second-order valence-electron chi connectivity index (χ2n) is 4.18. The third kappa shape index (κ3) is 3.22. The number of nitrogens with one attached hydrogen (secondary N) is 1. The van der Waals surface area contributed by atoms with Crippen LogP contribution in [0.2, 0.25) is 0 Å². The van der Waals surface area contributed by atoms with E-state index >= 15 is 0 Å². The van der Waals surface area contributed by atoms with Gasteiger partial charge in [0.25, 0.3) is 5.91 Å². The van der Waals surface area contributed by atoms with E-state index in [1.165, 1.54) is 14.2 Å². The number of anilines is 1. The molecule has 0 bridgehead atoms. The molecule has 0 aliphatic rings. The zero-order valence-electron chi connectivity index (χ0n) is 11.5. The highest BCUT2D eigenvalue weighted by Crippen LogP contribution is 2.30. The second-order valence-corrected chi connectivity index (χ2v) is 4.18. The minimum atomic E-state index is -0.643. The molecule has 0 atom stereocenters. The molecule has 1 amide bonds. The maximum absolute atomic E-state index is 13.2. The van der Waals surface area contributed by atoms with Crippen LogP contribution in [0.15, 0.2) is 36.4 Å². The Bertz CT molecular complexity index is 673. The molecule has 0 unspecified atom stereocenters.